The molecular formula is C23H24NNaO2Si. The minimum Gasteiger partial charge on any atom is -0.545 e. The molecule has 0 aliphatic carbocycles. The molecule has 138 valence electrons. The van der Waals surface area contributed by atoms with Gasteiger partial charge in [0.25, 0.3) is 0 Å². The van der Waals surface area contributed by atoms with Crippen LogP contribution in [-0.4, -0.2) is 20.6 Å². The Morgan fingerprint density at radius 1 is 0.857 bits per heavy atom. The molecule has 0 heterocycles. The molecule has 0 radical (unpaired) electrons. The van der Waals surface area contributed by atoms with Crippen molar-refractivity contribution in [1.82, 2.24) is 0 Å². The molecule has 0 spiro atoms. The van der Waals surface area contributed by atoms with Gasteiger partial charge in [0, 0.05) is 12.2 Å². The predicted molar refractivity (Wildman–Crippen MR) is 112 cm³/mol. The Labute approximate surface area is 190 Å². The van der Waals surface area contributed by atoms with Crippen molar-refractivity contribution < 1.29 is 39.5 Å². The molecule has 0 aliphatic heterocycles. The first kappa shape index (κ1) is 22.4. The topological polar surface area (TPSA) is 52.2 Å². The van der Waals surface area contributed by atoms with Crippen molar-refractivity contribution in [2.24, 2.45) is 0 Å². The summed E-state index contributed by atoms with van der Waals surface area (Å²) in [5, 5.41) is 17.1. The summed E-state index contributed by atoms with van der Waals surface area (Å²) in [4.78, 5) is 10.8. The Morgan fingerprint density at radius 2 is 1.36 bits per heavy atom. The SMILES string of the molecule is C[Si](CCCNc1ccc(C(=O)[O-])cc1)(c1ccccc1)c1ccccc1.[Na+]. The van der Waals surface area contributed by atoms with Gasteiger partial charge in [-0.2, -0.15) is 0 Å². The Bertz CT molecular complexity index is 831. The number of aromatic carboxylic acids is 1. The van der Waals surface area contributed by atoms with Crippen molar-refractivity contribution >= 4 is 30.1 Å². The second-order valence-electron chi connectivity index (χ2n) is 6.96. The van der Waals surface area contributed by atoms with Crippen molar-refractivity contribution in [1.29, 1.82) is 0 Å². The van der Waals surface area contributed by atoms with E-state index in [1.54, 1.807) is 24.3 Å². The standard InChI is InChI=1S/C23H25NO2Si.Na/c1-27(21-9-4-2-5-10-21,22-11-6-3-7-12-22)18-8-17-24-20-15-13-19(14-16-20)23(25)26;/h2-7,9-16,24H,8,17-18H2,1H3,(H,25,26);/q;+1/p-1. The van der Waals surface area contributed by atoms with Gasteiger partial charge in [-0.25, -0.2) is 0 Å². The van der Waals surface area contributed by atoms with Gasteiger partial charge in [0.1, 0.15) is 8.07 Å². The summed E-state index contributed by atoms with van der Waals surface area (Å²) in [6, 6.07) is 29.5. The van der Waals surface area contributed by atoms with Crippen LogP contribution in [0.15, 0.2) is 84.9 Å². The molecule has 3 rings (SSSR count). The van der Waals surface area contributed by atoms with Crippen LogP contribution >= 0.6 is 0 Å². The molecule has 1 N–H and O–H groups in total. The van der Waals surface area contributed by atoms with Gasteiger partial charge in [-0.3, -0.25) is 0 Å². The monoisotopic (exact) mass is 397 g/mol. The smallest absolute Gasteiger partial charge is 0.545 e. The van der Waals surface area contributed by atoms with Crippen molar-refractivity contribution in [2.75, 3.05) is 11.9 Å². The number of carboxylic acid groups (broad SMARTS) is 1. The van der Waals surface area contributed by atoms with E-state index in [0.717, 1.165) is 24.7 Å². The normalized spacial score (nSPS) is 10.8. The van der Waals surface area contributed by atoms with E-state index in [9.17, 15) is 9.90 Å². The van der Waals surface area contributed by atoms with Gasteiger partial charge in [0.05, 0.1) is 5.97 Å². The van der Waals surface area contributed by atoms with E-state index in [1.807, 2.05) is 0 Å². The molecule has 0 aliphatic rings. The number of hydrogen-bond acceptors (Lipinski definition) is 3. The molecule has 0 unspecified atom stereocenters. The number of rotatable bonds is 8. The Balaban J connectivity index is 0.00000280. The third-order valence-electron chi connectivity index (χ3n) is 5.13. The van der Waals surface area contributed by atoms with Crippen molar-refractivity contribution in [2.45, 2.75) is 19.0 Å². The first-order valence-electron chi connectivity index (χ1n) is 9.26. The van der Waals surface area contributed by atoms with Gasteiger partial charge < -0.3 is 15.2 Å². The minimum absolute atomic E-state index is 0. The maximum atomic E-state index is 10.8. The first-order chi connectivity index (χ1) is 13.1. The summed E-state index contributed by atoms with van der Waals surface area (Å²) in [6.07, 6.45) is 1.05. The first-order valence-corrected chi connectivity index (χ1v) is 12.0. The quantitative estimate of drug-likeness (QED) is 0.421. The Kier molecular flexibility index (Phi) is 8.51. The van der Waals surface area contributed by atoms with Gasteiger partial charge in [0.2, 0.25) is 0 Å². The van der Waals surface area contributed by atoms with E-state index in [1.165, 1.54) is 10.4 Å². The van der Waals surface area contributed by atoms with E-state index in [0.29, 0.717) is 0 Å². The summed E-state index contributed by atoms with van der Waals surface area (Å²) in [6.45, 7) is 3.29. The molecule has 3 aromatic rings. The van der Waals surface area contributed by atoms with Gasteiger partial charge >= 0.3 is 29.6 Å². The summed E-state index contributed by atoms with van der Waals surface area (Å²) < 4.78 is 0. The molecular weight excluding hydrogens is 373 g/mol. The number of anilines is 1. The van der Waals surface area contributed by atoms with Crippen LogP contribution in [0.4, 0.5) is 5.69 Å². The average molecular weight is 398 g/mol. The van der Waals surface area contributed by atoms with E-state index in [2.05, 4.69) is 72.5 Å². The largest absolute Gasteiger partial charge is 1.00 e. The zero-order chi connectivity index (χ0) is 19.1. The third-order valence-corrected chi connectivity index (χ3v) is 9.69. The number of hydrogen-bond donors (Lipinski definition) is 1. The fraction of sp³-hybridized carbons (Fsp3) is 0.174. The number of carbonyl (C=O) groups excluding carboxylic acids is 1. The fourth-order valence-electron chi connectivity index (χ4n) is 3.47. The molecule has 0 saturated heterocycles. The molecule has 28 heavy (non-hydrogen) atoms. The summed E-state index contributed by atoms with van der Waals surface area (Å²) in [7, 11) is -1.79. The van der Waals surface area contributed by atoms with E-state index >= 15 is 0 Å². The Morgan fingerprint density at radius 3 is 1.82 bits per heavy atom. The molecule has 0 fully saturated rings. The number of benzene rings is 3. The van der Waals surface area contributed by atoms with Crippen LogP contribution in [0.3, 0.4) is 0 Å². The second-order valence-corrected chi connectivity index (χ2v) is 11.3. The molecule has 5 heteroatoms. The van der Waals surface area contributed by atoms with Crippen molar-refractivity contribution in [3.05, 3.63) is 90.5 Å². The minimum atomic E-state index is -1.79. The maximum absolute atomic E-state index is 10.8. The van der Waals surface area contributed by atoms with Crippen LogP contribution in [0.25, 0.3) is 0 Å². The fourth-order valence-corrected chi connectivity index (χ4v) is 7.12. The summed E-state index contributed by atoms with van der Waals surface area (Å²) in [5.74, 6) is -1.14. The molecule has 0 aromatic heterocycles. The zero-order valence-corrected chi connectivity index (χ0v) is 19.5. The van der Waals surface area contributed by atoms with E-state index in [4.69, 9.17) is 0 Å². The molecule has 3 nitrogen and oxygen atoms in total. The molecule has 0 atom stereocenters. The molecule has 0 saturated carbocycles. The zero-order valence-electron chi connectivity index (χ0n) is 16.5. The molecule has 3 aromatic carbocycles. The average Bonchev–Trinajstić information content (AvgIpc) is 2.72. The van der Waals surface area contributed by atoms with Crippen LogP contribution in [0.1, 0.15) is 16.8 Å². The van der Waals surface area contributed by atoms with Gasteiger partial charge in [0.15, 0.2) is 0 Å². The maximum Gasteiger partial charge on any atom is 1.00 e. The summed E-state index contributed by atoms with van der Waals surface area (Å²) in [5.41, 5.74) is 1.14. The third kappa shape index (κ3) is 5.58. The van der Waals surface area contributed by atoms with Crippen LogP contribution < -0.4 is 50.4 Å². The van der Waals surface area contributed by atoms with Crippen LogP contribution in [0.2, 0.25) is 12.6 Å². The molecule has 0 bridgehead atoms. The number of carbonyl (C=O) groups is 1. The van der Waals surface area contributed by atoms with Crippen LogP contribution in [0.5, 0.6) is 0 Å². The van der Waals surface area contributed by atoms with Crippen LogP contribution in [0, 0.1) is 0 Å². The van der Waals surface area contributed by atoms with Crippen LogP contribution in [-0.2, 0) is 0 Å². The Hall–Kier alpha value is -1.85. The van der Waals surface area contributed by atoms with Gasteiger partial charge in [-0.15, -0.1) is 0 Å². The molecule has 0 amide bonds. The number of nitrogens with one attached hydrogen (secondary N) is 1. The predicted octanol–water partition coefficient (Wildman–Crippen LogP) is -0.251. The van der Waals surface area contributed by atoms with Crippen molar-refractivity contribution in [3.63, 3.8) is 0 Å². The van der Waals surface area contributed by atoms with Crippen molar-refractivity contribution in [3.8, 4) is 0 Å². The van der Waals surface area contributed by atoms with E-state index < -0.39 is 14.0 Å². The number of carboxylic acids is 1. The summed E-state index contributed by atoms with van der Waals surface area (Å²) >= 11 is 0. The second kappa shape index (κ2) is 10.6. The van der Waals surface area contributed by atoms with Gasteiger partial charge in [-0.05, 0) is 30.2 Å². The van der Waals surface area contributed by atoms with Gasteiger partial charge in [-0.1, -0.05) is 89.7 Å². The van der Waals surface area contributed by atoms with E-state index in [-0.39, 0.29) is 35.1 Å².